The van der Waals surface area contributed by atoms with Crippen molar-refractivity contribution < 1.29 is 23.2 Å². The Balaban J connectivity index is 2.02. The molecule has 1 amide bonds. The molecule has 0 aliphatic heterocycles. The summed E-state index contributed by atoms with van der Waals surface area (Å²) in [4.78, 5) is 22.2. The Labute approximate surface area is 135 Å². The topological polar surface area (TPSA) is 99.3 Å². The molecule has 0 fully saturated rings. The van der Waals surface area contributed by atoms with Crippen LogP contribution in [-0.2, 0) is 11.3 Å². The van der Waals surface area contributed by atoms with Gasteiger partial charge in [-0.05, 0) is 12.1 Å². The molecule has 0 radical (unpaired) electrons. The fraction of sp³-hybridized carbons (Fsp3) is 0.286. The minimum absolute atomic E-state index is 0.0948. The first-order valence-corrected chi connectivity index (χ1v) is 6.88. The van der Waals surface area contributed by atoms with Crippen molar-refractivity contribution in [3.05, 3.63) is 46.8 Å². The Morgan fingerprint density at radius 1 is 1.46 bits per heavy atom. The quantitative estimate of drug-likeness (QED) is 0.617. The van der Waals surface area contributed by atoms with Crippen LogP contribution in [0.4, 0.5) is 20.2 Å². The van der Waals surface area contributed by atoms with Crippen LogP contribution in [0.1, 0.15) is 6.92 Å². The van der Waals surface area contributed by atoms with E-state index in [-0.39, 0.29) is 23.7 Å². The van der Waals surface area contributed by atoms with Crippen LogP contribution in [-0.4, -0.2) is 27.2 Å². The molecule has 1 heterocycles. The van der Waals surface area contributed by atoms with E-state index in [1.54, 1.807) is 13.0 Å². The van der Waals surface area contributed by atoms with Gasteiger partial charge >= 0.3 is 12.3 Å². The minimum atomic E-state index is -3.01. The molecule has 24 heavy (non-hydrogen) atoms. The number of hydrogen-bond acceptors (Lipinski definition) is 5. The number of anilines is 1. The minimum Gasteiger partial charge on any atom is -0.433 e. The molecule has 8 nitrogen and oxygen atoms in total. The Morgan fingerprint density at radius 2 is 2.17 bits per heavy atom. The van der Waals surface area contributed by atoms with Crippen LogP contribution in [0.15, 0.2) is 36.7 Å². The van der Waals surface area contributed by atoms with Crippen molar-refractivity contribution in [3.63, 3.8) is 0 Å². The molecule has 1 unspecified atom stereocenters. The highest BCUT2D eigenvalue weighted by atomic mass is 19.3. The molecule has 128 valence electrons. The van der Waals surface area contributed by atoms with E-state index in [2.05, 4.69) is 15.2 Å². The summed E-state index contributed by atoms with van der Waals surface area (Å²) >= 11 is 0. The van der Waals surface area contributed by atoms with E-state index in [1.807, 2.05) is 0 Å². The maximum absolute atomic E-state index is 12.4. The number of ether oxygens (including phenoxy) is 1. The Morgan fingerprint density at radius 3 is 2.79 bits per heavy atom. The average Bonchev–Trinajstić information content (AvgIpc) is 2.97. The summed E-state index contributed by atoms with van der Waals surface area (Å²) in [6, 6.07) is 5.81. The van der Waals surface area contributed by atoms with E-state index < -0.39 is 23.4 Å². The van der Waals surface area contributed by atoms with Crippen molar-refractivity contribution in [2.75, 3.05) is 5.32 Å². The standard InChI is InChI=1S/C14H14F2N4O4/c1-9(7-19-8-10(6-17-19)20(22)23)13(21)18-11-4-2-3-5-12(11)24-14(15)16/h2-6,8-9,14H,7H2,1H3,(H,18,21). The highest BCUT2D eigenvalue weighted by Gasteiger charge is 2.18. The molecule has 0 aliphatic rings. The molecule has 2 rings (SSSR count). The van der Waals surface area contributed by atoms with Gasteiger partial charge in [0.1, 0.15) is 18.1 Å². The maximum atomic E-state index is 12.4. The van der Waals surface area contributed by atoms with Crippen LogP contribution in [0.5, 0.6) is 5.75 Å². The molecule has 0 saturated carbocycles. The predicted octanol–water partition coefficient (Wildman–Crippen LogP) is 2.67. The van der Waals surface area contributed by atoms with Gasteiger partial charge in [0.05, 0.1) is 23.1 Å². The summed E-state index contributed by atoms with van der Waals surface area (Å²) in [7, 11) is 0. The summed E-state index contributed by atoms with van der Waals surface area (Å²) in [5, 5.41) is 16.9. The lowest BCUT2D eigenvalue weighted by atomic mass is 10.1. The zero-order valence-electron chi connectivity index (χ0n) is 12.6. The molecule has 1 N–H and O–H groups in total. The molecule has 1 atom stereocenters. The van der Waals surface area contributed by atoms with Crippen LogP contribution >= 0.6 is 0 Å². The van der Waals surface area contributed by atoms with Crippen LogP contribution in [0.25, 0.3) is 0 Å². The van der Waals surface area contributed by atoms with Gasteiger partial charge in [-0.25, -0.2) is 0 Å². The van der Waals surface area contributed by atoms with E-state index in [9.17, 15) is 23.7 Å². The highest BCUT2D eigenvalue weighted by Crippen LogP contribution is 2.26. The third-order valence-corrected chi connectivity index (χ3v) is 3.10. The summed E-state index contributed by atoms with van der Waals surface area (Å²) in [5.41, 5.74) is -0.0700. The van der Waals surface area contributed by atoms with Gasteiger partial charge in [0.2, 0.25) is 5.91 Å². The number of hydrogen-bond donors (Lipinski definition) is 1. The van der Waals surface area contributed by atoms with Crippen LogP contribution in [0.2, 0.25) is 0 Å². The third kappa shape index (κ3) is 4.48. The fourth-order valence-electron chi connectivity index (χ4n) is 1.93. The number of alkyl halides is 2. The van der Waals surface area contributed by atoms with E-state index >= 15 is 0 Å². The average molecular weight is 340 g/mol. The first-order valence-electron chi connectivity index (χ1n) is 6.88. The lowest BCUT2D eigenvalue weighted by Crippen LogP contribution is -2.25. The smallest absolute Gasteiger partial charge is 0.387 e. The molecule has 0 bridgehead atoms. The number of carbonyl (C=O) groups is 1. The molecule has 10 heteroatoms. The Kier molecular flexibility index (Phi) is 5.40. The Bertz CT molecular complexity index is 735. The first-order chi connectivity index (χ1) is 11.4. The molecular formula is C14H14F2N4O4. The van der Waals surface area contributed by atoms with Gasteiger partial charge in [-0.15, -0.1) is 0 Å². The fourth-order valence-corrected chi connectivity index (χ4v) is 1.93. The van der Waals surface area contributed by atoms with Gasteiger partial charge in [0.15, 0.2) is 0 Å². The van der Waals surface area contributed by atoms with Gasteiger partial charge in [0.25, 0.3) is 0 Å². The summed E-state index contributed by atoms with van der Waals surface area (Å²) in [6.45, 7) is -1.33. The molecule has 0 aliphatic carbocycles. The number of nitro groups is 1. The van der Waals surface area contributed by atoms with Crippen LogP contribution in [0.3, 0.4) is 0 Å². The van der Waals surface area contributed by atoms with Crippen LogP contribution < -0.4 is 10.1 Å². The summed E-state index contributed by atoms with van der Waals surface area (Å²) < 4.78 is 30.3. The van der Waals surface area contributed by atoms with Gasteiger partial charge in [-0.1, -0.05) is 19.1 Å². The predicted molar refractivity (Wildman–Crippen MR) is 79.7 cm³/mol. The van der Waals surface area contributed by atoms with Gasteiger partial charge in [0, 0.05) is 0 Å². The number of nitrogens with one attached hydrogen (secondary N) is 1. The number of para-hydroxylation sites is 2. The number of rotatable bonds is 7. The molecule has 0 spiro atoms. The van der Waals surface area contributed by atoms with Crippen LogP contribution in [0, 0.1) is 16.0 Å². The number of nitrogens with zero attached hydrogens (tertiary/aromatic N) is 3. The summed E-state index contributed by atoms with van der Waals surface area (Å²) in [5.74, 6) is -1.22. The largest absolute Gasteiger partial charge is 0.433 e. The molecule has 1 aromatic heterocycles. The van der Waals surface area contributed by atoms with Crippen molar-refractivity contribution >= 4 is 17.3 Å². The monoisotopic (exact) mass is 340 g/mol. The number of amides is 1. The lowest BCUT2D eigenvalue weighted by molar-refractivity contribution is -0.385. The molecular weight excluding hydrogens is 326 g/mol. The van der Waals surface area contributed by atoms with Gasteiger partial charge < -0.3 is 10.1 Å². The number of carbonyl (C=O) groups excluding carboxylic acids is 1. The number of halogens is 2. The van der Waals surface area contributed by atoms with Crippen molar-refractivity contribution in [1.82, 2.24) is 9.78 Å². The third-order valence-electron chi connectivity index (χ3n) is 3.10. The van der Waals surface area contributed by atoms with Crippen molar-refractivity contribution in [1.29, 1.82) is 0 Å². The second kappa shape index (κ2) is 7.49. The zero-order chi connectivity index (χ0) is 17.7. The second-order valence-corrected chi connectivity index (χ2v) is 4.94. The lowest BCUT2D eigenvalue weighted by Gasteiger charge is -2.15. The SMILES string of the molecule is CC(Cn1cc([N+](=O)[O-])cn1)C(=O)Nc1ccccc1OC(F)F. The number of aromatic nitrogens is 2. The Hall–Kier alpha value is -3.04. The molecule has 0 saturated heterocycles. The first kappa shape index (κ1) is 17.3. The normalized spacial score (nSPS) is 12.0. The van der Waals surface area contributed by atoms with E-state index in [0.717, 1.165) is 6.20 Å². The zero-order valence-corrected chi connectivity index (χ0v) is 12.6. The highest BCUT2D eigenvalue weighted by molar-refractivity contribution is 5.93. The van der Waals surface area contributed by atoms with Crippen molar-refractivity contribution in [3.8, 4) is 5.75 Å². The van der Waals surface area contributed by atoms with E-state index in [0.29, 0.717) is 0 Å². The van der Waals surface area contributed by atoms with E-state index in [1.165, 1.54) is 29.1 Å². The maximum Gasteiger partial charge on any atom is 0.387 e. The van der Waals surface area contributed by atoms with Gasteiger partial charge in [-0.3, -0.25) is 19.6 Å². The van der Waals surface area contributed by atoms with Crippen molar-refractivity contribution in [2.24, 2.45) is 5.92 Å². The molecule has 2 aromatic rings. The number of benzene rings is 1. The van der Waals surface area contributed by atoms with Crippen molar-refractivity contribution in [2.45, 2.75) is 20.1 Å². The molecule has 1 aromatic carbocycles. The van der Waals surface area contributed by atoms with Gasteiger partial charge in [-0.2, -0.15) is 13.9 Å². The van der Waals surface area contributed by atoms with E-state index in [4.69, 9.17) is 0 Å². The second-order valence-electron chi connectivity index (χ2n) is 4.94. The summed E-state index contributed by atoms with van der Waals surface area (Å²) in [6.07, 6.45) is 2.29.